The lowest BCUT2D eigenvalue weighted by atomic mass is 10.0. The number of nitrogens with zero attached hydrogens (tertiary/aromatic N) is 1. The van der Waals surface area contributed by atoms with Crippen molar-refractivity contribution in [1.82, 2.24) is 0 Å². The highest BCUT2D eigenvalue weighted by Gasteiger charge is 2.47. The maximum atomic E-state index is 12.5. The van der Waals surface area contributed by atoms with Gasteiger partial charge in [0.1, 0.15) is 5.75 Å². The minimum atomic E-state index is -1.73. The van der Waals surface area contributed by atoms with Gasteiger partial charge in [0.05, 0.1) is 17.3 Å². The maximum Gasteiger partial charge on any atom is 0.278 e. The van der Waals surface area contributed by atoms with Crippen molar-refractivity contribution in [3.63, 3.8) is 0 Å². The topological polar surface area (TPSA) is 91.2 Å². The number of benzene rings is 2. The zero-order valence-electron chi connectivity index (χ0n) is 12.6. The molecule has 2 aromatic rings. The van der Waals surface area contributed by atoms with E-state index in [-0.39, 0.29) is 0 Å². The number of amides is 2. The molecule has 0 saturated carbocycles. The van der Waals surface area contributed by atoms with E-state index in [9.17, 15) is 9.59 Å². The van der Waals surface area contributed by atoms with E-state index >= 15 is 0 Å². The van der Waals surface area contributed by atoms with Crippen LogP contribution >= 0.6 is 11.6 Å². The summed E-state index contributed by atoms with van der Waals surface area (Å²) in [7, 11) is 0. The van der Waals surface area contributed by atoms with E-state index in [4.69, 9.17) is 21.6 Å². The Kier molecular flexibility index (Phi) is 3.87. The summed E-state index contributed by atoms with van der Waals surface area (Å²) in [5.41, 5.74) is -0.388. The number of halogens is 1. The Bertz CT molecular complexity index is 874. The SMILES string of the molecule is CC1(C(=O)Nc2ccc(C#N)cc2)Oc2ccc(Cl)cc2NC1=O. The lowest BCUT2D eigenvalue weighted by molar-refractivity contribution is -0.143. The highest BCUT2D eigenvalue weighted by atomic mass is 35.5. The Morgan fingerprint density at radius 3 is 2.67 bits per heavy atom. The summed E-state index contributed by atoms with van der Waals surface area (Å²) in [5.74, 6) is -0.856. The van der Waals surface area contributed by atoms with Gasteiger partial charge in [-0.05, 0) is 49.4 Å². The first-order valence-corrected chi connectivity index (χ1v) is 7.42. The van der Waals surface area contributed by atoms with Gasteiger partial charge in [-0.3, -0.25) is 9.59 Å². The Morgan fingerprint density at radius 2 is 2.00 bits per heavy atom. The predicted molar refractivity (Wildman–Crippen MR) is 88.9 cm³/mol. The number of hydrogen-bond acceptors (Lipinski definition) is 4. The second-order valence-corrected chi connectivity index (χ2v) is 5.81. The largest absolute Gasteiger partial charge is 0.466 e. The quantitative estimate of drug-likeness (QED) is 0.821. The standard InChI is InChI=1S/C17H12ClN3O3/c1-17(15(22)20-12-5-2-10(9-19)3-6-12)16(23)21-13-8-11(18)4-7-14(13)24-17/h2-8H,1H3,(H,20,22)(H,21,23). The fourth-order valence-electron chi connectivity index (χ4n) is 2.22. The summed E-state index contributed by atoms with van der Waals surface area (Å²) < 4.78 is 5.63. The molecule has 1 atom stereocenters. The monoisotopic (exact) mass is 341 g/mol. The number of nitrogens with one attached hydrogen (secondary N) is 2. The zero-order chi connectivity index (χ0) is 17.3. The van der Waals surface area contributed by atoms with Crippen molar-refractivity contribution in [3.8, 4) is 11.8 Å². The number of rotatable bonds is 2. The van der Waals surface area contributed by atoms with Gasteiger partial charge in [0.25, 0.3) is 17.4 Å². The van der Waals surface area contributed by atoms with E-state index in [1.54, 1.807) is 42.5 Å². The van der Waals surface area contributed by atoms with Crippen LogP contribution in [0.4, 0.5) is 11.4 Å². The molecule has 2 amide bonds. The average Bonchev–Trinajstić information content (AvgIpc) is 2.57. The van der Waals surface area contributed by atoms with Crippen LogP contribution in [0.15, 0.2) is 42.5 Å². The van der Waals surface area contributed by atoms with E-state index in [0.29, 0.717) is 27.7 Å². The third-order valence-corrected chi connectivity index (χ3v) is 3.88. The molecule has 0 bridgehead atoms. The molecule has 24 heavy (non-hydrogen) atoms. The molecule has 0 fully saturated rings. The highest BCUT2D eigenvalue weighted by molar-refractivity contribution is 6.31. The van der Waals surface area contributed by atoms with Gasteiger partial charge in [-0.1, -0.05) is 11.6 Å². The number of anilines is 2. The molecular formula is C17H12ClN3O3. The number of carbonyl (C=O) groups excluding carboxylic acids is 2. The van der Waals surface area contributed by atoms with Crippen molar-refractivity contribution in [2.45, 2.75) is 12.5 Å². The number of hydrogen-bond donors (Lipinski definition) is 2. The smallest absolute Gasteiger partial charge is 0.278 e. The fourth-order valence-corrected chi connectivity index (χ4v) is 2.40. The van der Waals surface area contributed by atoms with Crippen molar-refractivity contribution in [1.29, 1.82) is 5.26 Å². The van der Waals surface area contributed by atoms with E-state index in [1.807, 2.05) is 6.07 Å². The minimum absolute atomic E-state index is 0.358. The van der Waals surface area contributed by atoms with Crippen LogP contribution in [0.3, 0.4) is 0 Å². The van der Waals surface area contributed by atoms with Gasteiger partial charge in [-0.2, -0.15) is 5.26 Å². The number of carbonyl (C=O) groups is 2. The highest BCUT2D eigenvalue weighted by Crippen LogP contribution is 2.36. The molecule has 1 aliphatic heterocycles. The molecule has 1 aliphatic rings. The van der Waals surface area contributed by atoms with E-state index < -0.39 is 17.4 Å². The first-order valence-electron chi connectivity index (χ1n) is 7.04. The van der Waals surface area contributed by atoms with E-state index in [1.165, 1.54) is 6.92 Å². The van der Waals surface area contributed by atoms with Crippen LogP contribution in [0.25, 0.3) is 0 Å². The molecule has 7 heteroatoms. The van der Waals surface area contributed by atoms with Crippen LogP contribution in [-0.4, -0.2) is 17.4 Å². The van der Waals surface area contributed by atoms with Gasteiger partial charge >= 0.3 is 0 Å². The summed E-state index contributed by atoms with van der Waals surface area (Å²) in [5, 5.41) is 14.5. The van der Waals surface area contributed by atoms with Gasteiger partial charge < -0.3 is 15.4 Å². The molecule has 0 aromatic heterocycles. The van der Waals surface area contributed by atoms with Crippen LogP contribution in [0.5, 0.6) is 5.75 Å². The molecule has 0 saturated heterocycles. The lowest BCUT2D eigenvalue weighted by Crippen LogP contribution is -2.56. The van der Waals surface area contributed by atoms with E-state index in [0.717, 1.165) is 0 Å². The molecule has 2 aromatic carbocycles. The van der Waals surface area contributed by atoms with Gasteiger partial charge in [0.15, 0.2) is 0 Å². The van der Waals surface area contributed by atoms with Crippen LogP contribution in [-0.2, 0) is 9.59 Å². The van der Waals surface area contributed by atoms with Crippen molar-refractivity contribution < 1.29 is 14.3 Å². The van der Waals surface area contributed by atoms with Crippen molar-refractivity contribution in [3.05, 3.63) is 53.1 Å². The van der Waals surface area contributed by atoms with Gasteiger partial charge in [-0.15, -0.1) is 0 Å². The minimum Gasteiger partial charge on any atom is -0.466 e. The van der Waals surface area contributed by atoms with E-state index in [2.05, 4.69) is 10.6 Å². The van der Waals surface area contributed by atoms with Gasteiger partial charge in [-0.25, -0.2) is 0 Å². The molecule has 0 spiro atoms. The fraction of sp³-hybridized carbons (Fsp3) is 0.118. The molecule has 0 aliphatic carbocycles. The third-order valence-electron chi connectivity index (χ3n) is 3.64. The van der Waals surface area contributed by atoms with Crippen LogP contribution in [0, 0.1) is 11.3 Å². The summed E-state index contributed by atoms with van der Waals surface area (Å²) in [4.78, 5) is 24.9. The number of nitriles is 1. The molecule has 3 rings (SSSR count). The Labute approximate surface area is 143 Å². The first kappa shape index (κ1) is 15.8. The predicted octanol–water partition coefficient (Wildman–Crippen LogP) is 2.94. The van der Waals surface area contributed by atoms with Crippen molar-refractivity contribution >= 4 is 34.8 Å². The first-order chi connectivity index (χ1) is 11.4. The Balaban J connectivity index is 1.84. The van der Waals surface area contributed by atoms with Crippen LogP contribution in [0.2, 0.25) is 5.02 Å². The summed E-state index contributed by atoms with van der Waals surface area (Å²) in [6.45, 7) is 1.39. The molecule has 0 radical (unpaired) electrons. The maximum absolute atomic E-state index is 12.5. The van der Waals surface area contributed by atoms with Gasteiger partial charge in [0, 0.05) is 10.7 Å². The van der Waals surface area contributed by atoms with Crippen LogP contribution in [0.1, 0.15) is 12.5 Å². The molecule has 6 nitrogen and oxygen atoms in total. The molecule has 2 N–H and O–H groups in total. The second-order valence-electron chi connectivity index (χ2n) is 5.37. The van der Waals surface area contributed by atoms with Crippen molar-refractivity contribution in [2.24, 2.45) is 0 Å². The summed E-state index contributed by atoms with van der Waals surface area (Å²) in [6.07, 6.45) is 0. The summed E-state index contributed by atoms with van der Waals surface area (Å²) in [6, 6.07) is 13.0. The third kappa shape index (κ3) is 2.77. The van der Waals surface area contributed by atoms with Gasteiger partial charge in [0.2, 0.25) is 0 Å². The summed E-state index contributed by atoms with van der Waals surface area (Å²) >= 11 is 5.88. The lowest BCUT2D eigenvalue weighted by Gasteiger charge is -2.33. The Morgan fingerprint density at radius 1 is 1.29 bits per heavy atom. The Hall–Kier alpha value is -3.04. The molecular weight excluding hydrogens is 330 g/mol. The molecule has 1 unspecified atom stereocenters. The number of ether oxygens (including phenoxy) is 1. The molecule has 1 heterocycles. The zero-order valence-corrected chi connectivity index (χ0v) is 13.3. The average molecular weight is 342 g/mol. The number of fused-ring (bicyclic) bond motifs is 1. The second kappa shape index (κ2) is 5.87. The molecule has 120 valence electrons. The van der Waals surface area contributed by atoms with Crippen LogP contribution < -0.4 is 15.4 Å². The van der Waals surface area contributed by atoms with Crippen molar-refractivity contribution in [2.75, 3.05) is 10.6 Å². The normalized spacial score (nSPS) is 18.6.